The number of methoxy groups -OCH3 is 1. The second-order valence-electron chi connectivity index (χ2n) is 7.61. The first kappa shape index (κ1) is 20.7. The molecule has 0 bridgehead atoms. The largest absolute Gasteiger partial charge is 0.451 e. The Hall–Kier alpha value is -3.55. The molecule has 2 N–H and O–H groups in total. The molecule has 1 aromatic heterocycles. The summed E-state index contributed by atoms with van der Waals surface area (Å²) in [7, 11) is 1.30. The topological polar surface area (TPSA) is 88.5 Å². The van der Waals surface area contributed by atoms with Crippen LogP contribution < -0.4 is 15.5 Å². The molecule has 2 aromatic carbocycles. The number of urea groups is 1. The van der Waals surface area contributed by atoms with Crippen LogP contribution in [0.4, 0.5) is 21.0 Å². The molecule has 0 aliphatic carbocycles. The van der Waals surface area contributed by atoms with E-state index in [0.717, 1.165) is 25.8 Å². The Morgan fingerprint density at radius 1 is 1.19 bits per heavy atom. The molecule has 8 heteroatoms. The molecule has 31 heavy (non-hydrogen) atoms. The fourth-order valence-electron chi connectivity index (χ4n) is 4.20. The molecule has 1 atom stereocenters. The predicted octanol–water partition coefficient (Wildman–Crippen LogP) is 4.00. The number of aromatic nitrogens is 2. The maximum Gasteiger partial charge on any atom is 0.434 e. The Bertz CT molecular complexity index is 1090. The molecule has 162 valence electrons. The highest BCUT2D eigenvalue weighted by atomic mass is 16.5. The van der Waals surface area contributed by atoms with Crippen LogP contribution in [-0.2, 0) is 11.2 Å². The number of amides is 2. The van der Waals surface area contributed by atoms with Crippen molar-refractivity contribution < 1.29 is 14.3 Å². The number of carbonyl (C=O) groups excluding carboxylic acids is 2. The number of fused-ring (bicyclic) bond motifs is 2. The molecular formula is C23H27N5O3. The number of para-hydroxylation sites is 1. The molecule has 0 saturated heterocycles. The summed E-state index contributed by atoms with van der Waals surface area (Å²) < 4.78 is 5.91. The highest BCUT2D eigenvalue weighted by Crippen LogP contribution is 2.30. The number of rotatable bonds is 5. The van der Waals surface area contributed by atoms with Gasteiger partial charge in [-0.25, -0.2) is 9.59 Å². The molecular weight excluding hydrogens is 394 g/mol. The Balaban J connectivity index is 1.44. The lowest BCUT2D eigenvalue weighted by Gasteiger charge is -2.39. The van der Waals surface area contributed by atoms with Crippen molar-refractivity contribution in [3.8, 4) is 0 Å². The van der Waals surface area contributed by atoms with Gasteiger partial charge < -0.3 is 20.3 Å². The molecule has 2 heterocycles. The van der Waals surface area contributed by atoms with Crippen LogP contribution in [-0.4, -0.2) is 48.1 Å². The number of ether oxygens (including phenoxy) is 1. The van der Waals surface area contributed by atoms with E-state index in [0.29, 0.717) is 23.1 Å². The highest BCUT2D eigenvalue weighted by Gasteiger charge is 2.25. The first-order valence-electron chi connectivity index (χ1n) is 10.6. The molecule has 1 unspecified atom stereocenters. The monoisotopic (exact) mass is 421 g/mol. The summed E-state index contributed by atoms with van der Waals surface area (Å²) in [4.78, 5) is 26.9. The maximum atomic E-state index is 12.6. The molecule has 0 fully saturated rings. The summed E-state index contributed by atoms with van der Waals surface area (Å²) in [6.45, 7) is 3.68. The summed E-state index contributed by atoms with van der Waals surface area (Å²) in [6, 6.07) is 13.8. The van der Waals surface area contributed by atoms with Crippen molar-refractivity contribution in [2.24, 2.45) is 0 Å². The molecule has 0 radical (unpaired) electrons. The summed E-state index contributed by atoms with van der Waals surface area (Å²) in [5, 5.41) is 10.6. The lowest BCUT2D eigenvalue weighted by Crippen LogP contribution is -2.47. The van der Waals surface area contributed by atoms with E-state index in [1.165, 1.54) is 23.0 Å². The first-order valence-corrected chi connectivity index (χ1v) is 10.6. The number of nitrogens with zero attached hydrogens (tertiary/aromatic N) is 3. The van der Waals surface area contributed by atoms with Crippen molar-refractivity contribution in [1.82, 2.24) is 15.1 Å². The van der Waals surface area contributed by atoms with Gasteiger partial charge in [-0.2, -0.15) is 9.78 Å². The number of anilines is 2. The van der Waals surface area contributed by atoms with Crippen molar-refractivity contribution in [3.63, 3.8) is 0 Å². The number of benzene rings is 2. The van der Waals surface area contributed by atoms with Crippen LogP contribution in [0.15, 0.2) is 48.7 Å². The van der Waals surface area contributed by atoms with Crippen molar-refractivity contribution in [2.45, 2.75) is 32.2 Å². The Morgan fingerprint density at radius 3 is 2.84 bits per heavy atom. The Kier molecular flexibility index (Phi) is 6.06. The summed E-state index contributed by atoms with van der Waals surface area (Å²) in [5.74, 6) is 0. The zero-order chi connectivity index (χ0) is 21.8. The van der Waals surface area contributed by atoms with Crippen LogP contribution >= 0.6 is 0 Å². The van der Waals surface area contributed by atoms with Crippen LogP contribution in [0, 0.1) is 0 Å². The molecule has 1 aliphatic rings. The first-order chi connectivity index (χ1) is 15.1. The summed E-state index contributed by atoms with van der Waals surface area (Å²) in [5.41, 5.74) is 3.79. The molecule has 1 aliphatic heterocycles. The minimum Gasteiger partial charge on any atom is -0.451 e. The number of hydrogen-bond acceptors (Lipinski definition) is 5. The van der Waals surface area contributed by atoms with Gasteiger partial charge in [-0.15, -0.1) is 0 Å². The normalized spacial score (nSPS) is 15.4. The zero-order valence-electron chi connectivity index (χ0n) is 17.8. The number of hydrogen-bond donors (Lipinski definition) is 2. The third-order valence-electron chi connectivity index (χ3n) is 5.66. The average molecular weight is 422 g/mol. The molecule has 3 aromatic rings. The van der Waals surface area contributed by atoms with Gasteiger partial charge in [0.05, 0.1) is 24.5 Å². The quantitative estimate of drug-likeness (QED) is 0.650. The van der Waals surface area contributed by atoms with E-state index in [-0.39, 0.29) is 12.1 Å². The van der Waals surface area contributed by atoms with Crippen molar-refractivity contribution >= 4 is 34.4 Å². The minimum absolute atomic E-state index is 0.249. The van der Waals surface area contributed by atoms with Crippen molar-refractivity contribution in [2.75, 3.05) is 30.4 Å². The molecule has 8 nitrogen and oxygen atoms in total. The minimum atomic E-state index is -0.579. The van der Waals surface area contributed by atoms with E-state index >= 15 is 0 Å². The molecule has 2 amide bonds. The van der Waals surface area contributed by atoms with E-state index < -0.39 is 6.09 Å². The molecule has 4 rings (SSSR count). The Labute approximate surface area is 181 Å². The summed E-state index contributed by atoms with van der Waals surface area (Å²) >= 11 is 0. The lowest BCUT2D eigenvalue weighted by atomic mass is 9.95. The van der Waals surface area contributed by atoms with Gasteiger partial charge in [-0.05, 0) is 43.0 Å². The van der Waals surface area contributed by atoms with Gasteiger partial charge in [0.25, 0.3) is 0 Å². The van der Waals surface area contributed by atoms with E-state index in [1.54, 1.807) is 24.4 Å². The SMILES string of the molecule is CCCN1c2ccccc2CCC1CNC(=O)Nc1cccc2c1cnn2C(=O)OC. The van der Waals surface area contributed by atoms with Crippen LogP contribution in [0.5, 0.6) is 0 Å². The van der Waals surface area contributed by atoms with Gasteiger partial charge >= 0.3 is 12.1 Å². The lowest BCUT2D eigenvalue weighted by molar-refractivity contribution is 0.170. The van der Waals surface area contributed by atoms with Gasteiger partial charge in [0.2, 0.25) is 0 Å². The standard InChI is InChI=1S/C23H27N5O3/c1-3-13-27-17(12-11-16-7-4-5-9-20(16)27)14-24-22(29)26-19-8-6-10-21-18(19)15-25-28(21)23(30)31-2/h4-10,15,17H,3,11-14H2,1-2H3,(H2,24,26,29). The smallest absolute Gasteiger partial charge is 0.434 e. The second-order valence-corrected chi connectivity index (χ2v) is 7.61. The Morgan fingerprint density at radius 2 is 2.03 bits per heavy atom. The zero-order valence-corrected chi connectivity index (χ0v) is 17.8. The van der Waals surface area contributed by atoms with Crippen LogP contribution in [0.1, 0.15) is 25.3 Å². The second kappa shape index (κ2) is 9.07. The average Bonchev–Trinajstić information content (AvgIpc) is 3.23. The summed E-state index contributed by atoms with van der Waals surface area (Å²) in [6.07, 6.45) is 4.02. The van der Waals surface area contributed by atoms with Gasteiger partial charge in [-0.3, -0.25) is 0 Å². The van der Waals surface area contributed by atoms with E-state index in [9.17, 15) is 9.59 Å². The van der Waals surface area contributed by atoms with Gasteiger partial charge in [-0.1, -0.05) is 31.2 Å². The van der Waals surface area contributed by atoms with Crippen LogP contribution in [0.3, 0.4) is 0 Å². The van der Waals surface area contributed by atoms with Crippen molar-refractivity contribution in [3.05, 3.63) is 54.2 Å². The van der Waals surface area contributed by atoms with Crippen LogP contribution in [0.25, 0.3) is 10.9 Å². The number of aryl methyl sites for hydroxylation is 1. The predicted molar refractivity (Wildman–Crippen MR) is 121 cm³/mol. The third-order valence-corrected chi connectivity index (χ3v) is 5.66. The molecule has 0 saturated carbocycles. The van der Waals surface area contributed by atoms with Gasteiger partial charge in [0, 0.05) is 30.2 Å². The van der Waals surface area contributed by atoms with Crippen molar-refractivity contribution in [1.29, 1.82) is 0 Å². The maximum absolute atomic E-state index is 12.6. The fourth-order valence-corrected chi connectivity index (χ4v) is 4.20. The van der Waals surface area contributed by atoms with E-state index in [2.05, 4.69) is 51.8 Å². The third kappa shape index (κ3) is 4.19. The fraction of sp³-hybridized carbons (Fsp3) is 0.348. The van der Waals surface area contributed by atoms with Crippen LogP contribution in [0.2, 0.25) is 0 Å². The van der Waals surface area contributed by atoms with Gasteiger partial charge in [0.1, 0.15) is 0 Å². The molecule has 0 spiro atoms. The number of nitrogens with one attached hydrogen (secondary N) is 2. The highest BCUT2D eigenvalue weighted by molar-refractivity contribution is 6.02. The van der Waals surface area contributed by atoms with E-state index in [4.69, 9.17) is 4.74 Å². The number of carbonyl (C=O) groups is 2. The van der Waals surface area contributed by atoms with E-state index in [1.807, 2.05) is 0 Å². The van der Waals surface area contributed by atoms with Gasteiger partial charge in [0.15, 0.2) is 0 Å².